The number of halogens is 2. The molecule has 4 nitrogen and oxygen atoms in total. The van der Waals surface area contributed by atoms with Gasteiger partial charge >= 0.3 is 5.69 Å². The van der Waals surface area contributed by atoms with Crippen LogP contribution in [0.2, 0.25) is 0 Å². The Kier molecular flexibility index (Phi) is 1.92. The highest BCUT2D eigenvalue weighted by Crippen LogP contribution is 2.18. The number of hydrogen-bond donors (Lipinski definition) is 2. The molecule has 15 heavy (non-hydrogen) atoms. The van der Waals surface area contributed by atoms with Gasteiger partial charge in [-0.25, -0.2) is 13.6 Å². The SMILES string of the molecule is Cc1c(F)cc(F)c2[nH]c(=O)[nH]c(=O)c12. The molecule has 1 aromatic heterocycles. The van der Waals surface area contributed by atoms with Gasteiger partial charge in [0, 0.05) is 6.07 Å². The highest BCUT2D eigenvalue weighted by atomic mass is 19.1. The third-order valence-corrected chi connectivity index (χ3v) is 2.17. The number of aromatic nitrogens is 2. The normalized spacial score (nSPS) is 10.9. The molecule has 0 aliphatic rings. The fraction of sp³-hybridized carbons (Fsp3) is 0.111. The van der Waals surface area contributed by atoms with Gasteiger partial charge in [0.1, 0.15) is 5.82 Å². The van der Waals surface area contributed by atoms with Crippen LogP contribution in [0, 0.1) is 18.6 Å². The van der Waals surface area contributed by atoms with E-state index in [0.717, 1.165) is 0 Å². The first-order valence-corrected chi connectivity index (χ1v) is 4.11. The number of hydrogen-bond acceptors (Lipinski definition) is 2. The van der Waals surface area contributed by atoms with Gasteiger partial charge in [0.15, 0.2) is 5.82 Å². The Morgan fingerprint density at radius 1 is 1.13 bits per heavy atom. The molecular weight excluding hydrogens is 206 g/mol. The molecular formula is C9H6F2N2O2. The van der Waals surface area contributed by atoms with Crippen molar-refractivity contribution in [1.29, 1.82) is 0 Å². The van der Waals surface area contributed by atoms with Crippen molar-refractivity contribution in [3.63, 3.8) is 0 Å². The number of rotatable bonds is 0. The number of aromatic amines is 2. The van der Waals surface area contributed by atoms with E-state index in [1.165, 1.54) is 6.92 Å². The molecule has 6 heteroatoms. The second-order valence-corrected chi connectivity index (χ2v) is 3.12. The zero-order valence-corrected chi connectivity index (χ0v) is 7.65. The van der Waals surface area contributed by atoms with Crippen LogP contribution in [0.5, 0.6) is 0 Å². The molecule has 0 radical (unpaired) electrons. The van der Waals surface area contributed by atoms with E-state index in [0.29, 0.717) is 6.07 Å². The molecule has 2 aromatic rings. The standard InChI is InChI=1S/C9H6F2N2O2/c1-3-4(10)2-5(11)7-6(3)8(14)13-9(15)12-7/h2H,1H3,(H2,12,13,14,15). The molecule has 0 aliphatic heterocycles. The van der Waals surface area contributed by atoms with E-state index < -0.39 is 22.9 Å². The van der Waals surface area contributed by atoms with Crippen molar-refractivity contribution in [3.8, 4) is 0 Å². The number of nitrogens with one attached hydrogen (secondary N) is 2. The third-order valence-electron chi connectivity index (χ3n) is 2.17. The van der Waals surface area contributed by atoms with Crippen molar-refractivity contribution < 1.29 is 8.78 Å². The predicted octanol–water partition coefficient (Wildman–Crippen LogP) is 0.803. The molecule has 0 aliphatic carbocycles. The smallest absolute Gasteiger partial charge is 0.304 e. The second-order valence-electron chi connectivity index (χ2n) is 3.12. The summed E-state index contributed by atoms with van der Waals surface area (Å²) < 4.78 is 26.3. The largest absolute Gasteiger partial charge is 0.326 e. The lowest BCUT2D eigenvalue weighted by Crippen LogP contribution is -2.23. The minimum atomic E-state index is -0.962. The maximum absolute atomic E-state index is 13.2. The Morgan fingerprint density at radius 3 is 2.47 bits per heavy atom. The lowest BCUT2D eigenvalue weighted by molar-refractivity contribution is 0.584. The lowest BCUT2D eigenvalue weighted by atomic mass is 10.1. The van der Waals surface area contributed by atoms with Crippen molar-refractivity contribution in [2.75, 3.05) is 0 Å². The van der Waals surface area contributed by atoms with Crippen molar-refractivity contribution in [2.45, 2.75) is 6.92 Å². The van der Waals surface area contributed by atoms with Crippen LogP contribution < -0.4 is 11.2 Å². The number of aryl methyl sites for hydroxylation is 1. The third kappa shape index (κ3) is 1.34. The van der Waals surface area contributed by atoms with Gasteiger partial charge in [-0.1, -0.05) is 0 Å². The summed E-state index contributed by atoms with van der Waals surface area (Å²) in [7, 11) is 0. The molecule has 0 spiro atoms. The van der Waals surface area contributed by atoms with E-state index in [1.807, 2.05) is 4.98 Å². The van der Waals surface area contributed by atoms with Gasteiger partial charge in [-0.3, -0.25) is 9.78 Å². The highest BCUT2D eigenvalue weighted by Gasteiger charge is 2.12. The summed E-state index contributed by atoms with van der Waals surface area (Å²) in [5.41, 5.74) is -1.89. The van der Waals surface area contributed by atoms with Crippen LogP contribution in [0.3, 0.4) is 0 Å². The maximum atomic E-state index is 13.2. The van der Waals surface area contributed by atoms with E-state index in [4.69, 9.17) is 0 Å². The van der Waals surface area contributed by atoms with E-state index in [9.17, 15) is 18.4 Å². The van der Waals surface area contributed by atoms with Crippen molar-refractivity contribution >= 4 is 10.9 Å². The van der Waals surface area contributed by atoms with Crippen LogP contribution in [-0.4, -0.2) is 9.97 Å². The van der Waals surface area contributed by atoms with Crippen LogP contribution in [0.4, 0.5) is 8.78 Å². The van der Waals surface area contributed by atoms with Crippen LogP contribution in [-0.2, 0) is 0 Å². The maximum Gasteiger partial charge on any atom is 0.326 e. The summed E-state index contributed by atoms with van der Waals surface area (Å²) in [6.07, 6.45) is 0. The van der Waals surface area contributed by atoms with Gasteiger partial charge in [-0.15, -0.1) is 0 Å². The molecule has 78 valence electrons. The van der Waals surface area contributed by atoms with Gasteiger partial charge in [0.05, 0.1) is 10.9 Å². The molecule has 0 unspecified atom stereocenters. The second kappa shape index (κ2) is 3.01. The summed E-state index contributed by atoms with van der Waals surface area (Å²) in [5.74, 6) is -1.78. The predicted molar refractivity (Wildman–Crippen MR) is 49.8 cm³/mol. The fourth-order valence-electron chi connectivity index (χ4n) is 1.43. The van der Waals surface area contributed by atoms with E-state index in [2.05, 4.69) is 4.98 Å². The lowest BCUT2D eigenvalue weighted by Gasteiger charge is -2.02. The van der Waals surface area contributed by atoms with Crippen molar-refractivity contribution in [1.82, 2.24) is 9.97 Å². The zero-order valence-electron chi connectivity index (χ0n) is 7.65. The number of benzene rings is 1. The van der Waals surface area contributed by atoms with Gasteiger partial charge in [-0.05, 0) is 12.5 Å². The summed E-state index contributed by atoms with van der Waals surface area (Å²) in [6.45, 7) is 1.34. The first-order chi connectivity index (χ1) is 7.00. The molecule has 0 amide bonds. The Hall–Kier alpha value is -1.98. The van der Waals surface area contributed by atoms with Crippen LogP contribution >= 0.6 is 0 Å². The number of H-pyrrole nitrogens is 2. The molecule has 2 N–H and O–H groups in total. The molecule has 0 saturated heterocycles. The van der Waals surface area contributed by atoms with Crippen LogP contribution in [0.15, 0.2) is 15.7 Å². The Labute approximate surface area is 81.6 Å². The van der Waals surface area contributed by atoms with E-state index in [1.54, 1.807) is 0 Å². The number of fused-ring (bicyclic) bond motifs is 1. The van der Waals surface area contributed by atoms with Crippen LogP contribution in [0.25, 0.3) is 10.9 Å². The molecule has 1 aromatic carbocycles. The summed E-state index contributed by atoms with van der Waals surface area (Å²) in [6, 6.07) is 0.632. The molecule has 1 heterocycles. The topological polar surface area (TPSA) is 65.7 Å². The summed E-state index contributed by atoms with van der Waals surface area (Å²) in [5, 5.41) is -0.174. The fourth-order valence-corrected chi connectivity index (χ4v) is 1.43. The average molecular weight is 212 g/mol. The van der Waals surface area contributed by atoms with E-state index >= 15 is 0 Å². The van der Waals surface area contributed by atoms with E-state index in [-0.39, 0.29) is 16.5 Å². The molecule has 2 rings (SSSR count). The minimum absolute atomic E-state index is 0.00361. The summed E-state index contributed by atoms with van der Waals surface area (Å²) >= 11 is 0. The first kappa shape index (κ1) is 9.57. The Bertz CT molecular complexity index is 657. The summed E-state index contributed by atoms with van der Waals surface area (Å²) in [4.78, 5) is 26.2. The quantitative estimate of drug-likeness (QED) is 0.678. The van der Waals surface area contributed by atoms with Crippen molar-refractivity contribution in [3.05, 3.63) is 44.1 Å². The first-order valence-electron chi connectivity index (χ1n) is 4.11. The highest BCUT2D eigenvalue weighted by molar-refractivity contribution is 5.81. The minimum Gasteiger partial charge on any atom is -0.304 e. The molecule has 0 bridgehead atoms. The average Bonchev–Trinajstić information content (AvgIpc) is 2.13. The molecule has 0 fully saturated rings. The van der Waals surface area contributed by atoms with Crippen molar-refractivity contribution in [2.24, 2.45) is 0 Å². The monoisotopic (exact) mass is 212 g/mol. The molecule has 0 saturated carbocycles. The Morgan fingerprint density at radius 2 is 1.80 bits per heavy atom. The Balaban J connectivity index is 3.17. The van der Waals surface area contributed by atoms with Gasteiger partial charge in [0.25, 0.3) is 5.56 Å². The molecule has 0 atom stereocenters. The van der Waals surface area contributed by atoms with Gasteiger partial charge < -0.3 is 4.98 Å². The van der Waals surface area contributed by atoms with Gasteiger partial charge in [0.2, 0.25) is 0 Å². The van der Waals surface area contributed by atoms with Crippen LogP contribution in [0.1, 0.15) is 5.56 Å². The van der Waals surface area contributed by atoms with Gasteiger partial charge in [-0.2, -0.15) is 0 Å². The zero-order chi connectivity index (χ0) is 11.2.